The Balaban J connectivity index is 2.50. The number of ether oxygens (including phenoxy) is 1. The predicted octanol–water partition coefficient (Wildman–Crippen LogP) is 4.60. The second-order valence-corrected chi connectivity index (χ2v) is 5.80. The number of methoxy groups -OCH3 is 1. The first-order chi connectivity index (χ1) is 10.1. The Hall–Kier alpha value is -1.39. The average Bonchev–Trinajstić information content (AvgIpc) is 2.48. The maximum absolute atomic E-state index is 14.2. The summed E-state index contributed by atoms with van der Waals surface area (Å²) < 4.78 is 20.4. The molecule has 2 rings (SSSR count). The fourth-order valence-electron chi connectivity index (χ4n) is 2.36. The molecule has 21 heavy (non-hydrogen) atoms. The molecule has 2 aromatic rings. The first-order valence-corrected chi connectivity index (χ1v) is 7.69. The Kier molecular flexibility index (Phi) is 5.37. The van der Waals surface area contributed by atoms with Crippen LogP contribution in [0.1, 0.15) is 29.7 Å². The van der Waals surface area contributed by atoms with E-state index < -0.39 is 0 Å². The number of aryl methyl sites for hydroxylation is 1. The molecule has 4 heteroatoms. The molecule has 0 aliphatic heterocycles. The number of rotatable bonds is 5. The molecule has 0 aromatic heterocycles. The minimum absolute atomic E-state index is 0.206. The van der Waals surface area contributed by atoms with Gasteiger partial charge < -0.3 is 10.1 Å². The van der Waals surface area contributed by atoms with Gasteiger partial charge in [-0.1, -0.05) is 35.0 Å². The van der Waals surface area contributed by atoms with E-state index in [9.17, 15) is 4.39 Å². The molecular formula is C17H19BrFNO. The molecule has 0 saturated heterocycles. The van der Waals surface area contributed by atoms with E-state index in [1.807, 2.05) is 38.1 Å². The first kappa shape index (κ1) is 16.0. The average molecular weight is 352 g/mol. The highest BCUT2D eigenvalue weighted by Crippen LogP contribution is 2.30. The van der Waals surface area contributed by atoms with Crippen molar-refractivity contribution >= 4 is 15.9 Å². The molecule has 2 aromatic carbocycles. The van der Waals surface area contributed by atoms with E-state index >= 15 is 0 Å². The van der Waals surface area contributed by atoms with Gasteiger partial charge in [0.15, 0.2) is 0 Å². The minimum atomic E-state index is -0.219. The zero-order chi connectivity index (χ0) is 15.4. The summed E-state index contributed by atoms with van der Waals surface area (Å²) in [5, 5.41) is 3.34. The van der Waals surface area contributed by atoms with Crippen molar-refractivity contribution in [2.24, 2.45) is 0 Å². The van der Waals surface area contributed by atoms with Gasteiger partial charge in [0, 0.05) is 10.0 Å². The molecule has 112 valence electrons. The van der Waals surface area contributed by atoms with Crippen LogP contribution in [-0.2, 0) is 0 Å². The van der Waals surface area contributed by atoms with Crippen LogP contribution in [-0.4, -0.2) is 13.7 Å². The van der Waals surface area contributed by atoms with Crippen LogP contribution in [0.5, 0.6) is 5.75 Å². The summed E-state index contributed by atoms with van der Waals surface area (Å²) in [5.74, 6) is 0.592. The Bertz CT molecular complexity index is 630. The fourth-order valence-corrected chi connectivity index (χ4v) is 2.74. The SMILES string of the molecule is CCNC(c1ccc(C)c(OC)c1)c1cc(Br)ccc1F. The van der Waals surface area contributed by atoms with Crippen molar-refractivity contribution in [1.82, 2.24) is 5.32 Å². The van der Waals surface area contributed by atoms with Gasteiger partial charge in [0.1, 0.15) is 11.6 Å². The Labute approximate surface area is 133 Å². The van der Waals surface area contributed by atoms with Crippen molar-refractivity contribution in [1.29, 1.82) is 0 Å². The maximum atomic E-state index is 14.2. The Morgan fingerprint density at radius 1 is 1.24 bits per heavy atom. The van der Waals surface area contributed by atoms with Gasteiger partial charge in [-0.2, -0.15) is 0 Å². The lowest BCUT2D eigenvalue weighted by Gasteiger charge is -2.21. The fraction of sp³-hybridized carbons (Fsp3) is 0.294. The standard InChI is InChI=1S/C17H19BrFNO/c1-4-20-17(14-10-13(18)7-8-15(14)19)12-6-5-11(2)16(9-12)21-3/h5-10,17,20H,4H2,1-3H3. The van der Waals surface area contributed by atoms with Crippen LogP contribution in [0.2, 0.25) is 0 Å². The van der Waals surface area contributed by atoms with E-state index in [4.69, 9.17) is 4.74 Å². The topological polar surface area (TPSA) is 21.3 Å². The molecule has 1 atom stereocenters. The van der Waals surface area contributed by atoms with Crippen LogP contribution >= 0.6 is 15.9 Å². The third-order valence-electron chi connectivity index (χ3n) is 3.44. The van der Waals surface area contributed by atoms with Gasteiger partial charge in [-0.05, 0) is 48.9 Å². The summed E-state index contributed by atoms with van der Waals surface area (Å²) in [4.78, 5) is 0. The second-order valence-electron chi connectivity index (χ2n) is 4.89. The third kappa shape index (κ3) is 3.63. The predicted molar refractivity (Wildman–Crippen MR) is 87.4 cm³/mol. The molecule has 0 bridgehead atoms. The van der Waals surface area contributed by atoms with E-state index in [2.05, 4.69) is 21.2 Å². The van der Waals surface area contributed by atoms with Crippen LogP contribution in [0, 0.1) is 12.7 Å². The Morgan fingerprint density at radius 3 is 2.67 bits per heavy atom. The van der Waals surface area contributed by atoms with Crippen molar-refractivity contribution in [3.8, 4) is 5.75 Å². The molecular weight excluding hydrogens is 333 g/mol. The van der Waals surface area contributed by atoms with Crippen LogP contribution in [0.15, 0.2) is 40.9 Å². The third-order valence-corrected chi connectivity index (χ3v) is 3.94. The van der Waals surface area contributed by atoms with Gasteiger partial charge in [-0.3, -0.25) is 0 Å². The highest BCUT2D eigenvalue weighted by Gasteiger charge is 2.18. The van der Waals surface area contributed by atoms with Crippen LogP contribution in [0.25, 0.3) is 0 Å². The van der Waals surface area contributed by atoms with Crippen LogP contribution in [0.3, 0.4) is 0 Å². The molecule has 0 amide bonds. The van der Waals surface area contributed by atoms with Crippen molar-refractivity contribution in [2.45, 2.75) is 19.9 Å². The van der Waals surface area contributed by atoms with Crippen molar-refractivity contribution < 1.29 is 9.13 Å². The number of benzene rings is 2. The smallest absolute Gasteiger partial charge is 0.128 e. The highest BCUT2D eigenvalue weighted by molar-refractivity contribution is 9.10. The van der Waals surface area contributed by atoms with E-state index in [-0.39, 0.29) is 11.9 Å². The lowest BCUT2D eigenvalue weighted by Crippen LogP contribution is -2.23. The minimum Gasteiger partial charge on any atom is -0.496 e. The lowest BCUT2D eigenvalue weighted by molar-refractivity contribution is 0.410. The summed E-state index contributed by atoms with van der Waals surface area (Å²) in [7, 11) is 1.65. The molecule has 0 radical (unpaired) electrons. The Morgan fingerprint density at radius 2 is 2.00 bits per heavy atom. The maximum Gasteiger partial charge on any atom is 0.128 e. The summed E-state index contributed by atoms with van der Waals surface area (Å²) >= 11 is 3.41. The van der Waals surface area contributed by atoms with E-state index in [1.54, 1.807) is 13.2 Å². The normalized spacial score (nSPS) is 12.2. The van der Waals surface area contributed by atoms with Crippen molar-refractivity contribution in [2.75, 3.05) is 13.7 Å². The van der Waals surface area contributed by atoms with Gasteiger partial charge in [0.05, 0.1) is 13.2 Å². The zero-order valence-corrected chi connectivity index (χ0v) is 14.0. The largest absolute Gasteiger partial charge is 0.496 e. The number of hydrogen-bond acceptors (Lipinski definition) is 2. The van der Waals surface area contributed by atoms with Crippen molar-refractivity contribution in [3.63, 3.8) is 0 Å². The van der Waals surface area contributed by atoms with Crippen molar-refractivity contribution in [3.05, 3.63) is 63.4 Å². The van der Waals surface area contributed by atoms with Gasteiger partial charge >= 0.3 is 0 Å². The summed E-state index contributed by atoms with van der Waals surface area (Å²) in [6, 6.07) is 10.8. The van der Waals surface area contributed by atoms with Gasteiger partial charge in [0.2, 0.25) is 0 Å². The molecule has 0 heterocycles. The monoisotopic (exact) mass is 351 g/mol. The van der Waals surface area contributed by atoms with E-state index in [0.717, 1.165) is 27.9 Å². The van der Waals surface area contributed by atoms with Crippen LogP contribution < -0.4 is 10.1 Å². The summed E-state index contributed by atoms with van der Waals surface area (Å²) in [6.45, 7) is 4.74. The zero-order valence-electron chi connectivity index (χ0n) is 12.4. The molecule has 0 spiro atoms. The van der Waals surface area contributed by atoms with Gasteiger partial charge in [0.25, 0.3) is 0 Å². The van der Waals surface area contributed by atoms with Crippen LogP contribution in [0.4, 0.5) is 4.39 Å². The lowest BCUT2D eigenvalue weighted by atomic mass is 9.97. The first-order valence-electron chi connectivity index (χ1n) is 6.89. The molecule has 0 aliphatic carbocycles. The van der Waals surface area contributed by atoms with Gasteiger partial charge in [-0.25, -0.2) is 4.39 Å². The molecule has 0 fully saturated rings. The number of halogens is 2. The van der Waals surface area contributed by atoms with Gasteiger partial charge in [-0.15, -0.1) is 0 Å². The van der Waals surface area contributed by atoms with E-state index in [0.29, 0.717) is 5.56 Å². The summed E-state index contributed by atoms with van der Waals surface area (Å²) in [6.07, 6.45) is 0. The summed E-state index contributed by atoms with van der Waals surface area (Å²) in [5.41, 5.74) is 2.67. The van der Waals surface area contributed by atoms with E-state index in [1.165, 1.54) is 6.07 Å². The molecule has 1 N–H and O–H groups in total. The molecule has 0 aliphatic rings. The molecule has 1 unspecified atom stereocenters. The molecule has 2 nitrogen and oxygen atoms in total. The molecule has 0 saturated carbocycles. The number of nitrogens with one attached hydrogen (secondary N) is 1. The second kappa shape index (κ2) is 7.05. The quantitative estimate of drug-likeness (QED) is 0.849. The highest BCUT2D eigenvalue weighted by atomic mass is 79.9. The number of hydrogen-bond donors (Lipinski definition) is 1.